The highest BCUT2D eigenvalue weighted by molar-refractivity contribution is 4.87. The molecule has 2 rings (SSSR count). The summed E-state index contributed by atoms with van der Waals surface area (Å²) in [5.41, 5.74) is 0. The third-order valence-corrected chi connectivity index (χ3v) is 3.41. The molecule has 0 bridgehead atoms. The van der Waals surface area contributed by atoms with E-state index in [1.54, 1.807) is 0 Å². The Hall–Kier alpha value is -0.120. The lowest BCUT2D eigenvalue weighted by molar-refractivity contribution is 0.0212. The summed E-state index contributed by atoms with van der Waals surface area (Å²) in [6.45, 7) is 1.92. The topological polar surface area (TPSA) is 43.7 Å². The van der Waals surface area contributed by atoms with Gasteiger partial charge in [-0.2, -0.15) is 0 Å². The number of piperidine rings is 1. The van der Waals surface area contributed by atoms with Crippen LogP contribution in [0.25, 0.3) is 0 Å². The summed E-state index contributed by atoms with van der Waals surface area (Å²) in [7, 11) is 0. The van der Waals surface area contributed by atoms with Crippen LogP contribution >= 0.6 is 0 Å². The monoisotopic (exact) mass is 185 g/mol. The van der Waals surface area contributed by atoms with Gasteiger partial charge in [0.25, 0.3) is 0 Å². The van der Waals surface area contributed by atoms with E-state index in [9.17, 15) is 10.2 Å². The number of hydrogen-bond acceptors (Lipinski definition) is 3. The smallest absolute Gasteiger partial charge is 0.0695 e. The zero-order chi connectivity index (χ0) is 9.26. The molecule has 3 heteroatoms. The minimum atomic E-state index is -0.116. The molecule has 1 saturated carbocycles. The number of likely N-dealkylation sites (tertiary alicyclic amines) is 1. The molecule has 0 amide bonds. The lowest BCUT2D eigenvalue weighted by atomic mass is 10.0. The van der Waals surface area contributed by atoms with Crippen LogP contribution in [0.4, 0.5) is 0 Å². The minimum absolute atomic E-state index is 0.102. The average Bonchev–Trinajstić information content (AvgIpc) is 2.53. The summed E-state index contributed by atoms with van der Waals surface area (Å²) >= 11 is 0. The van der Waals surface area contributed by atoms with Crippen molar-refractivity contribution in [1.82, 2.24) is 4.90 Å². The van der Waals surface area contributed by atoms with Crippen molar-refractivity contribution < 1.29 is 10.2 Å². The quantitative estimate of drug-likeness (QED) is 0.620. The molecule has 1 heterocycles. The Morgan fingerprint density at radius 3 is 2.15 bits per heavy atom. The third-order valence-electron chi connectivity index (χ3n) is 3.41. The molecule has 3 nitrogen and oxygen atoms in total. The third kappa shape index (κ3) is 2.03. The Bertz CT molecular complexity index is 166. The Labute approximate surface area is 79.4 Å². The Kier molecular flexibility index (Phi) is 2.86. The second kappa shape index (κ2) is 3.95. The van der Waals surface area contributed by atoms with Crippen molar-refractivity contribution in [1.29, 1.82) is 0 Å². The molecule has 13 heavy (non-hydrogen) atoms. The van der Waals surface area contributed by atoms with Crippen LogP contribution in [-0.2, 0) is 0 Å². The first-order chi connectivity index (χ1) is 6.27. The van der Waals surface area contributed by atoms with Crippen LogP contribution in [-0.4, -0.2) is 46.5 Å². The number of aliphatic hydroxyl groups excluding tert-OH is 2. The summed E-state index contributed by atoms with van der Waals surface area (Å²) in [6.07, 6.45) is 4.79. The molecule has 2 aliphatic rings. The van der Waals surface area contributed by atoms with Crippen LogP contribution in [0.2, 0.25) is 0 Å². The second-order valence-electron chi connectivity index (χ2n) is 4.33. The fraction of sp³-hybridized carbons (Fsp3) is 1.00. The highest BCUT2D eigenvalue weighted by atomic mass is 16.3. The van der Waals surface area contributed by atoms with E-state index in [1.807, 2.05) is 0 Å². The van der Waals surface area contributed by atoms with Gasteiger partial charge in [-0.25, -0.2) is 0 Å². The van der Waals surface area contributed by atoms with Gasteiger partial charge in [-0.1, -0.05) is 0 Å². The van der Waals surface area contributed by atoms with E-state index < -0.39 is 0 Å². The molecule has 76 valence electrons. The average molecular weight is 185 g/mol. The van der Waals surface area contributed by atoms with Crippen molar-refractivity contribution >= 4 is 0 Å². The fourth-order valence-corrected chi connectivity index (χ4v) is 2.56. The summed E-state index contributed by atoms with van der Waals surface area (Å²) < 4.78 is 0. The lowest BCUT2D eigenvalue weighted by Crippen LogP contribution is -2.46. The maximum absolute atomic E-state index is 9.70. The standard InChI is InChI=1S/C10H19NO2/c12-8-4-6-11(7-5-8)9-2-1-3-10(9)13/h8-10,12-13H,1-7H2. The van der Waals surface area contributed by atoms with Crippen LogP contribution in [0.3, 0.4) is 0 Å². The molecular weight excluding hydrogens is 166 g/mol. The molecule has 1 aliphatic heterocycles. The van der Waals surface area contributed by atoms with Gasteiger partial charge in [0, 0.05) is 19.1 Å². The van der Waals surface area contributed by atoms with E-state index in [-0.39, 0.29) is 12.2 Å². The van der Waals surface area contributed by atoms with Gasteiger partial charge in [0.15, 0.2) is 0 Å². The predicted octanol–water partition coefficient (Wildman–Crippen LogP) is 0.356. The van der Waals surface area contributed by atoms with E-state index in [0.717, 1.165) is 45.2 Å². The van der Waals surface area contributed by atoms with Gasteiger partial charge in [0.2, 0.25) is 0 Å². The molecule has 0 aromatic heterocycles. The Morgan fingerprint density at radius 1 is 0.923 bits per heavy atom. The van der Waals surface area contributed by atoms with Crippen LogP contribution in [0.15, 0.2) is 0 Å². The van der Waals surface area contributed by atoms with E-state index in [0.29, 0.717) is 6.04 Å². The zero-order valence-corrected chi connectivity index (χ0v) is 8.02. The van der Waals surface area contributed by atoms with Crippen LogP contribution in [0.5, 0.6) is 0 Å². The molecular formula is C10H19NO2. The van der Waals surface area contributed by atoms with Crippen LogP contribution < -0.4 is 0 Å². The highest BCUT2D eigenvalue weighted by Crippen LogP contribution is 2.26. The lowest BCUT2D eigenvalue weighted by Gasteiger charge is -2.35. The van der Waals surface area contributed by atoms with E-state index in [2.05, 4.69) is 4.90 Å². The van der Waals surface area contributed by atoms with Gasteiger partial charge in [-0.15, -0.1) is 0 Å². The van der Waals surface area contributed by atoms with Crippen molar-refractivity contribution in [2.45, 2.75) is 50.4 Å². The fourth-order valence-electron chi connectivity index (χ4n) is 2.56. The molecule has 0 aromatic carbocycles. The van der Waals surface area contributed by atoms with Gasteiger partial charge < -0.3 is 10.2 Å². The molecule has 2 fully saturated rings. The van der Waals surface area contributed by atoms with Crippen LogP contribution in [0.1, 0.15) is 32.1 Å². The predicted molar refractivity (Wildman–Crippen MR) is 50.5 cm³/mol. The molecule has 0 radical (unpaired) electrons. The van der Waals surface area contributed by atoms with Gasteiger partial charge in [-0.05, 0) is 32.1 Å². The molecule has 2 atom stereocenters. The van der Waals surface area contributed by atoms with Gasteiger partial charge in [0.1, 0.15) is 0 Å². The van der Waals surface area contributed by atoms with Crippen molar-refractivity contribution in [2.24, 2.45) is 0 Å². The number of hydrogen-bond donors (Lipinski definition) is 2. The van der Waals surface area contributed by atoms with Crippen molar-refractivity contribution in [3.8, 4) is 0 Å². The van der Waals surface area contributed by atoms with Crippen molar-refractivity contribution in [2.75, 3.05) is 13.1 Å². The maximum atomic E-state index is 9.70. The Morgan fingerprint density at radius 2 is 1.62 bits per heavy atom. The van der Waals surface area contributed by atoms with Gasteiger partial charge >= 0.3 is 0 Å². The minimum Gasteiger partial charge on any atom is -0.393 e. The largest absolute Gasteiger partial charge is 0.393 e. The van der Waals surface area contributed by atoms with E-state index in [4.69, 9.17) is 0 Å². The summed E-state index contributed by atoms with van der Waals surface area (Å²) in [4.78, 5) is 2.35. The van der Waals surface area contributed by atoms with Gasteiger partial charge in [-0.3, -0.25) is 4.90 Å². The number of aliphatic hydroxyl groups is 2. The molecule has 2 N–H and O–H groups in total. The SMILES string of the molecule is OC1CCN(C2CCCC2O)CC1. The molecule has 1 saturated heterocycles. The normalized spacial score (nSPS) is 38.3. The van der Waals surface area contributed by atoms with E-state index >= 15 is 0 Å². The molecule has 0 aromatic rings. The van der Waals surface area contributed by atoms with Gasteiger partial charge in [0.05, 0.1) is 12.2 Å². The first-order valence-corrected chi connectivity index (χ1v) is 5.37. The highest BCUT2D eigenvalue weighted by Gasteiger charge is 2.32. The van der Waals surface area contributed by atoms with Crippen molar-refractivity contribution in [3.63, 3.8) is 0 Å². The zero-order valence-electron chi connectivity index (χ0n) is 8.02. The van der Waals surface area contributed by atoms with Crippen molar-refractivity contribution in [3.05, 3.63) is 0 Å². The second-order valence-corrected chi connectivity index (χ2v) is 4.33. The van der Waals surface area contributed by atoms with Crippen LogP contribution in [0, 0.1) is 0 Å². The number of nitrogens with zero attached hydrogens (tertiary/aromatic N) is 1. The number of rotatable bonds is 1. The molecule has 2 unspecified atom stereocenters. The Balaban J connectivity index is 1.86. The summed E-state index contributed by atoms with van der Waals surface area (Å²) in [6, 6.07) is 0.382. The summed E-state index contributed by atoms with van der Waals surface area (Å²) in [5, 5.41) is 19.0. The van der Waals surface area contributed by atoms with E-state index in [1.165, 1.54) is 0 Å². The summed E-state index contributed by atoms with van der Waals surface area (Å²) in [5.74, 6) is 0. The maximum Gasteiger partial charge on any atom is 0.0695 e. The first-order valence-electron chi connectivity index (χ1n) is 5.37. The first kappa shape index (κ1) is 9.44. The molecule has 1 aliphatic carbocycles. The molecule has 0 spiro atoms.